The SMILES string of the molecule is COc1cc(Cl)ccc1C(=O)NCCCc1ncn[nH]1. The van der Waals surface area contributed by atoms with Gasteiger partial charge in [0.1, 0.15) is 17.9 Å². The molecule has 6 nitrogen and oxygen atoms in total. The predicted octanol–water partition coefficient (Wildman–Crippen LogP) is 1.83. The molecule has 0 aliphatic carbocycles. The number of amides is 1. The van der Waals surface area contributed by atoms with Gasteiger partial charge in [0.15, 0.2) is 0 Å². The number of hydrogen-bond donors (Lipinski definition) is 2. The van der Waals surface area contributed by atoms with Crippen molar-refractivity contribution in [2.24, 2.45) is 0 Å². The Morgan fingerprint density at radius 1 is 1.50 bits per heavy atom. The Morgan fingerprint density at radius 2 is 2.35 bits per heavy atom. The number of carbonyl (C=O) groups excluding carboxylic acids is 1. The van der Waals surface area contributed by atoms with Crippen LogP contribution in [0.15, 0.2) is 24.5 Å². The third-order valence-electron chi connectivity index (χ3n) is 2.75. The second kappa shape index (κ2) is 6.91. The minimum Gasteiger partial charge on any atom is -0.496 e. The van der Waals surface area contributed by atoms with Crippen molar-refractivity contribution in [1.82, 2.24) is 20.5 Å². The lowest BCUT2D eigenvalue weighted by Crippen LogP contribution is -2.25. The molecule has 0 spiro atoms. The van der Waals surface area contributed by atoms with E-state index in [-0.39, 0.29) is 5.91 Å². The van der Waals surface area contributed by atoms with Crippen molar-refractivity contribution in [2.75, 3.05) is 13.7 Å². The standard InChI is InChI=1S/C13H15ClN4O2/c1-20-11-7-9(14)4-5-10(11)13(19)15-6-2-3-12-16-8-17-18-12/h4-5,7-8H,2-3,6H2,1H3,(H,15,19)(H,16,17,18). The molecule has 1 aromatic heterocycles. The molecule has 20 heavy (non-hydrogen) atoms. The van der Waals surface area contributed by atoms with Crippen molar-refractivity contribution < 1.29 is 9.53 Å². The molecular formula is C13H15ClN4O2. The van der Waals surface area contributed by atoms with Crippen LogP contribution < -0.4 is 10.1 Å². The van der Waals surface area contributed by atoms with Crippen LogP contribution >= 0.6 is 11.6 Å². The number of rotatable bonds is 6. The molecule has 0 fully saturated rings. The molecule has 1 heterocycles. The van der Waals surface area contributed by atoms with Crippen LogP contribution in [0.2, 0.25) is 5.02 Å². The van der Waals surface area contributed by atoms with Crippen molar-refractivity contribution >= 4 is 17.5 Å². The lowest BCUT2D eigenvalue weighted by atomic mass is 10.2. The van der Waals surface area contributed by atoms with Crippen molar-refractivity contribution in [2.45, 2.75) is 12.8 Å². The van der Waals surface area contributed by atoms with E-state index in [4.69, 9.17) is 16.3 Å². The van der Waals surface area contributed by atoms with Crippen LogP contribution in [-0.4, -0.2) is 34.7 Å². The first-order valence-corrected chi connectivity index (χ1v) is 6.54. The molecule has 2 N–H and O–H groups in total. The summed E-state index contributed by atoms with van der Waals surface area (Å²) < 4.78 is 5.14. The van der Waals surface area contributed by atoms with Gasteiger partial charge in [0, 0.05) is 18.0 Å². The molecule has 106 valence electrons. The van der Waals surface area contributed by atoms with Gasteiger partial charge in [0.25, 0.3) is 5.91 Å². The molecule has 0 saturated carbocycles. The topological polar surface area (TPSA) is 79.9 Å². The zero-order valence-electron chi connectivity index (χ0n) is 11.0. The number of halogens is 1. The zero-order valence-corrected chi connectivity index (χ0v) is 11.8. The average molecular weight is 295 g/mol. The van der Waals surface area contributed by atoms with Crippen LogP contribution in [0.25, 0.3) is 0 Å². The smallest absolute Gasteiger partial charge is 0.255 e. The molecule has 0 radical (unpaired) electrons. The van der Waals surface area contributed by atoms with Crippen LogP contribution in [0.1, 0.15) is 22.6 Å². The number of H-pyrrole nitrogens is 1. The van der Waals surface area contributed by atoms with Gasteiger partial charge in [-0.3, -0.25) is 9.89 Å². The normalized spacial score (nSPS) is 10.3. The van der Waals surface area contributed by atoms with Gasteiger partial charge < -0.3 is 10.1 Å². The van der Waals surface area contributed by atoms with Crippen LogP contribution in [-0.2, 0) is 6.42 Å². The molecule has 0 aliphatic rings. The molecule has 1 amide bonds. The van der Waals surface area contributed by atoms with Crippen molar-refractivity contribution in [1.29, 1.82) is 0 Å². The molecular weight excluding hydrogens is 280 g/mol. The van der Waals surface area contributed by atoms with Gasteiger partial charge in [-0.2, -0.15) is 5.10 Å². The summed E-state index contributed by atoms with van der Waals surface area (Å²) in [5.74, 6) is 1.09. The Kier molecular flexibility index (Phi) is 4.95. The summed E-state index contributed by atoms with van der Waals surface area (Å²) in [6.45, 7) is 0.547. The highest BCUT2D eigenvalue weighted by atomic mass is 35.5. The summed E-state index contributed by atoms with van der Waals surface area (Å²) in [4.78, 5) is 16.0. The quantitative estimate of drug-likeness (QED) is 0.797. The minimum atomic E-state index is -0.184. The number of nitrogens with zero attached hydrogens (tertiary/aromatic N) is 2. The summed E-state index contributed by atoms with van der Waals surface area (Å²) in [6.07, 6.45) is 2.97. The highest BCUT2D eigenvalue weighted by Gasteiger charge is 2.12. The summed E-state index contributed by atoms with van der Waals surface area (Å²) >= 11 is 5.86. The minimum absolute atomic E-state index is 0.184. The zero-order chi connectivity index (χ0) is 14.4. The lowest BCUT2D eigenvalue weighted by Gasteiger charge is -2.09. The number of benzene rings is 1. The van der Waals surface area contributed by atoms with Crippen LogP contribution in [0.3, 0.4) is 0 Å². The van der Waals surface area contributed by atoms with E-state index in [1.807, 2.05) is 0 Å². The van der Waals surface area contributed by atoms with Gasteiger partial charge in [-0.15, -0.1) is 0 Å². The number of nitrogens with one attached hydrogen (secondary N) is 2. The number of aryl methyl sites for hydroxylation is 1. The Labute approximate surface area is 121 Å². The summed E-state index contributed by atoms with van der Waals surface area (Å²) in [5.41, 5.74) is 0.469. The van der Waals surface area contributed by atoms with E-state index in [0.29, 0.717) is 22.9 Å². The van der Waals surface area contributed by atoms with Gasteiger partial charge in [-0.1, -0.05) is 11.6 Å². The number of ether oxygens (including phenoxy) is 1. The number of methoxy groups -OCH3 is 1. The molecule has 0 bridgehead atoms. The Hall–Kier alpha value is -2.08. The summed E-state index contributed by atoms with van der Waals surface area (Å²) in [6, 6.07) is 4.92. The fraction of sp³-hybridized carbons (Fsp3) is 0.308. The summed E-state index contributed by atoms with van der Waals surface area (Å²) in [7, 11) is 1.51. The molecule has 0 aliphatic heterocycles. The third kappa shape index (κ3) is 3.71. The lowest BCUT2D eigenvalue weighted by molar-refractivity contribution is 0.0950. The van der Waals surface area contributed by atoms with E-state index in [1.165, 1.54) is 13.4 Å². The first-order chi connectivity index (χ1) is 9.70. The van der Waals surface area contributed by atoms with E-state index in [9.17, 15) is 4.79 Å². The number of carbonyl (C=O) groups is 1. The van der Waals surface area contributed by atoms with E-state index >= 15 is 0 Å². The molecule has 7 heteroatoms. The Bertz CT molecular complexity index is 572. The average Bonchev–Trinajstić information content (AvgIpc) is 2.96. The van der Waals surface area contributed by atoms with Crippen LogP contribution in [0.5, 0.6) is 5.75 Å². The van der Waals surface area contributed by atoms with Gasteiger partial charge >= 0.3 is 0 Å². The van der Waals surface area contributed by atoms with Crippen molar-refractivity contribution in [3.8, 4) is 5.75 Å². The van der Waals surface area contributed by atoms with Crippen molar-refractivity contribution in [3.05, 3.63) is 40.9 Å². The first kappa shape index (κ1) is 14.3. The monoisotopic (exact) mass is 294 g/mol. The van der Waals surface area contributed by atoms with Gasteiger partial charge in [0.05, 0.1) is 12.7 Å². The molecule has 2 rings (SSSR count). The number of aromatic amines is 1. The Balaban J connectivity index is 1.85. The van der Waals surface area contributed by atoms with E-state index in [0.717, 1.165) is 18.7 Å². The van der Waals surface area contributed by atoms with Crippen LogP contribution in [0, 0.1) is 0 Å². The van der Waals surface area contributed by atoms with Crippen LogP contribution in [0.4, 0.5) is 0 Å². The maximum Gasteiger partial charge on any atom is 0.255 e. The fourth-order valence-corrected chi connectivity index (χ4v) is 1.92. The molecule has 0 unspecified atom stereocenters. The van der Waals surface area contributed by atoms with Gasteiger partial charge in [0.2, 0.25) is 0 Å². The van der Waals surface area contributed by atoms with E-state index in [2.05, 4.69) is 20.5 Å². The maximum atomic E-state index is 12.0. The molecule has 1 aromatic carbocycles. The molecule has 0 atom stereocenters. The summed E-state index contributed by atoms with van der Waals surface area (Å²) in [5, 5.41) is 9.90. The number of hydrogen-bond acceptors (Lipinski definition) is 4. The van der Waals surface area contributed by atoms with E-state index < -0.39 is 0 Å². The molecule has 0 saturated heterocycles. The second-order valence-electron chi connectivity index (χ2n) is 4.14. The fourth-order valence-electron chi connectivity index (χ4n) is 1.76. The van der Waals surface area contributed by atoms with Gasteiger partial charge in [-0.05, 0) is 24.6 Å². The predicted molar refractivity (Wildman–Crippen MR) is 75.0 cm³/mol. The largest absolute Gasteiger partial charge is 0.496 e. The van der Waals surface area contributed by atoms with Gasteiger partial charge in [-0.25, -0.2) is 4.98 Å². The third-order valence-corrected chi connectivity index (χ3v) is 2.98. The second-order valence-corrected chi connectivity index (χ2v) is 4.57. The van der Waals surface area contributed by atoms with Crippen molar-refractivity contribution in [3.63, 3.8) is 0 Å². The van der Waals surface area contributed by atoms with E-state index in [1.54, 1.807) is 18.2 Å². The highest BCUT2D eigenvalue weighted by molar-refractivity contribution is 6.30. The number of aromatic nitrogens is 3. The maximum absolute atomic E-state index is 12.0. The first-order valence-electron chi connectivity index (χ1n) is 6.16. The molecule has 2 aromatic rings. The Morgan fingerprint density at radius 3 is 3.05 bits per heavy atom. The highest BCUT2D eigenvalue weighted by Crippen LogP contribution is 2.22.